The lowest BCUT2D eigenvalue weighted by Gasteiger charge is -2.37. The summed E-state index contributed by atoms with van der Waals surface area (Å²) in [5.74, 6) is -0.168. The molecular weight excluding hydrogens is 625 g/mol. The number of aromatic nitrogens is 5. The molecule has 6 rings (SSSR count). The number of piperidine rings is 1. The Balaban J connectivity index is 1.14. The summed E-state index contributed by atoms with van der Waals surface area (Å²) < 4.78 is 29.5. The molecule has 2 amide bonds. The van der Waals surface area contributed by atoms with Crippen LogP contribution in [0.5, 0.6) is 0 Å². The Labute approximate surface area is 287 Å². The van der Waals surface area contributed by atoms with Crippen molar-refractivity contribution in [3.05, 3.63) is 88.8 Å². The number of likely N-dealkylation sites (tertiary alicyclic amines) is 1. The molecule has 3 atom stereocenters. The number of hydrogen-bond acceptors (Lipinski definition) is 7. The van der Waals surface area contributed by atoms with Gasteiger partial charge in [-0.05, 0) is 84.6 Å². The molecule has 2 aliphatic heterocycles. The van der Waals surface area contributed by atoms with Crippen molar-refractivity contribution < 1.29 is 23.5 Å². The minimum absolute atomic E-state index is 0.0162. The number of aryl methyl sites for hydroxylation is 2. The van der Waals surface area contributed by atoms with Crippen molar-refractivity contribution in [1.82, 2.24) is 34.6 Å². The largest absolute Gasteiger partial charge is 0.444 e. The third-order valence-corrected chi connectivity index (χ3v) is 9.49. The van der Waals surface area contributed by atoms with Gasteiger partial charge in [0.2, 0.25) is 5.91 Å². The summed E-state index contributed by atoms with van der Waals surface area (Å²) in [5.41, 5.74) is 5.01. The van der Waals surface area contributed by atoms with Gasteiger partial charge in [0.05, 0.1) is 42.5 Å². The highest BCUT2D eigenvalue weighted by Gasteiger charge is 2.35. The molecule has 49 heavy (non-hydrogen) atoms. The Morgan fingerprint density at radius 2 is 1.76 bits per heavy atom. The van der Waals surface area contributed by atoms with Crippen LogP contribution in [0.15, 0.2) is 54.7 Å². The highest BCUT2D eigenvalue weighted by Crippen LogP contribution is 2.34. The zero-order valence-corrected chi connectivity index (χ0v) is 29.2. The van der Waals surface area contributed by atoms with E-state index in [0.717, 1.165) is 46.7 Å². The monoisotopic (exact) mass is 671 g/mol. The predicted molar refractivity (Wildman–Crippen MR) is 182 cm³/mol. The average molecular weight is 672 g/mol. The fourth-order valence-corrected chi connectivity index (χ4v) is 7.08. The smallest absolute Gasteiger partial charge is 0.410 e. The van der Waals surface area contributed by atoms with E-state index in [1.165, 1.54) is 6.07 Å². The van der Waals surface area contributed by atoms with E-state index in [4.69, 9.17) is 9.47 Å². The number of morpholine rings is 1. The van der Waals surface area contributed by atoms with Gasteiger partial charge in [0.25, 0.3) is 0 Å². The van der Waals surface area contributed by atoms with Gasteiger partial charge in [-0.25, -0.2) is 18.5 Å². The van der Waals surface area contributed by atoms with Crippen molar-refractivity contribution in [3.63, 3.8) is 0 Å². The van der Waals surface area contributed by atoms with Crippen LogP contribution in [0.3, 0.4) is 0 Å². The van der Waals surface area contributed by atoms with Gasteiger partial charge < -0.3 is 19.3 Å². The number of amides is 2. The van der Waals surface area contributed by atoms with E-state index in [0.29, 0.717) is 44.8 Å². The first-order valence-corrected chi connectivity index (χ1v) is 17.1. The molecule has 2 saturated heterocycles. The second-order valence-corrected chi connectivity index (χ2v) is 14.1. The number of ether oxygens (including phenoxy) is 2. The molecule has 11 nitrogen and oxygen atoms in total. The molecule has 4 heterocycles. The lowest BCUT2D eigenvalue weighted by atomic mass is 9.89. The predicted octanol–water partition coefficient (Wildman–Crippen LogP) is 6.24. The van der Waals surface area contributed by atoms with Crippen molar-refractivity contribution in [3.8, 4) is 11.4 Å². The summed E-state index contributed by atoms with van der Waals surface area (Å²) in [6.07, 6.45) is 4.06. The number of para-hydroxylation sites is 2. The second kappa shape index (κ2) is 14.1. The Hall–Kier alpha value is -4.58. The molecule has 260 valence electrons. The van der Waals surface area contributed by atoms with Crippen molar-refractivity contribution in [2.45, 2.75) is 90.8 Å². The van der Waals surface area contributed by atoms with Crippen LogP contribution in [0.1, 0.15) is 87.1 Å². The number of halogens is 1. The molecule has 2 aromatic heterocycles. The van der Waals surface area contributed by atoms with E-state index >= 15 is 0 Å². The van der Waals surface area contributed by atoms with Gasteiger partial charge in [0, 0.05) is 42.7 Å². The summed E-state index contributed by atoms with van der Waals surface area (Å²) in [6.45, 7) is 13.3. The van der Waals surface area contributed by atoms with Crippen LogP contribution >= 0.6 is 0 Å². The summed E-state index contributed by atoms with van der Waals surface area (Å²) in [4.78, 5) is 30.3. The average Bonchev–Trinajstić information content (AvgIpc) is 3.67. The van der Waals surface area contributed by atoms with Gasteiger partial charge >= 0.3 is 6.09 Å². The van der Waals surface area contributed by atoms with Crippen LogP contribution in [-0.4, -0.2) is 84.5 Å². The molecule has 0 radical (unpaired) electrons. The van der Waals surface area contributed by atoms with E-state index < -0.39 is 5.60 Å². The molecule has 0 aliphatic carbocycles. The molecule has 0 spiro atoms. The van der Waals surface area contributed by atoms with Gasteiger partial charge in [-0.3, -0.25) is 4.79 Å². The second-order valence-electron chi connectivity index (χ2n) is 14.1. The molecule has 12 heteroatoms. The van der Waals surface area contributed by atoms with Gasteiger partial charge in [-0.2, -0.15) is 5.10 Å². The highest BCUT2D eigenvalue weighted by atomic mass is 19.1. The third kappa shape index (κ3) is 7.39. The fourth-order valence-electron chi connectivity index (χ4n) is 7.08. The number of carbonyl (C=O) groups is 2. The summed E-state index contributed by atoms with van der Waals surface area (Å²) in [7, 11) is 0. The topological polar surface area (TPSA) is 108 Å². The number of nitrogens with zero attached hydrogens (tertiary/aromatic N) is 7. The summed E-state index contributed by atoms with van der Waals surface area (Å²) in [5, 5.41) is 13.7. The molecule has 0 N–H and O–H groups in total. The van der Waals surface area contributed by atoms with Gasteiger partial charge in [0.1, 0.15) is 17.1 Å². The maximum atomic E-state index is 14.7. The zero-order chi connectivity index (χ0) is 34.9. The zero-order valence-electron chi connectivity index (χ0n) is 29.2. The van der Waals surface area contributed by atoms with Crippen molar-refractivity contribution >= 4 is 12.0 Å². The SMILES string of the molecule is Cc1nn(-c2ccccc2F)c(C)c1C1COCCN1C(=O)CCc1ccccc1-n1cc(C2CCN(C(=O)OC(C)(C)C)C(C)C2)nn1. The minimum atomic E-state index is -0.537. The number of rotatable bonds is 7. The Morgan fingerprint density at radius 1 is 1.02 bits per heavy atom. The normalized spacial score (nSPS) is 20.0. The first kappa shape index (κ1) is 34.3. The number of benzene rings is 2. The lowest BCUT2D eigenvalue weighted by Crippen LogP contribution is -2.46. The van der Waals surface area contributed by atoms with E-state index in [-0.39, 0.29) is 35.8 Å². The minimum Gasteiger partial charge on any atom is -0.444 e. The molecule has 4 aromatic rings. The molecule has 2 aliphatic rings. The van der Waals surface area contributed by atoms with E-state index in [9.17, 15) is 14.0 Å². The van der Waals surface area contributed by atoms with E-state index in [2.05, 4.69) is 15.4 Å². The maximum absolute atomic E-state index is 14.7. The van der Waals surface area contributed by atoms with Crippen molar-refractivity contribution in [2.75, 3.05) is 26.3 Å². The first-order valence-electron chi connectivity index (χ1n) is 17.1. The number of carbonyl (C=O) groups excluding carboxylic acids is 2. The standard InChI is InChI=1S/C37H46FN7O4/c1-24-21-28(17-18-42(24)36(47)49-37(4,5)6)30-22-44(41-39-30)31-13-9-7-11-27(31)15-16-34(46)43-19-20-48-23-33(43)35-25(2)40-45(26(35)3)32-14-10-8-12-29(32)38/h7-14,22,24,28,33H,15-21,23H2,1-6H3. The molecule has 3 unspecified atom stereocenters. The van der Waals surface area contributed by atoms with E-state index in [1.807, 2.05) is 76.9 Å². The quantitative estimate of drug-likeness (QED) is 0.229. The van der Waals surface area contributed by atoms with Crippen LogP contribution in [-0.2, 0) is 20.7 Å². The maximum Gasteiger partial charge on any atom is 0.410 e. The van der Waals surface area contributed by atoms with Crippen LogP contribution in [0, 0.1) is 19.7 Å². The van der Waals surface area contributed by atoms with Crippen molar-refractivity contribution in [2.24, 2.45) is 0 Å². The van der Waals surface area contributed by atoms with E-state index in [1.54, 1.807) is 32.5 Å². The lowest BCUT2D eigenvalue weighted by molar-refractivity contribution is -0.140. The molecule has 0 saturated carbocycles. The van der Waals surface area contributed by atoms with Crippen molar-refractivity contribution in [1.29, 1.82) is 0 Å². The van der Waals surface area contributed by atoms with Crippen LogP contribution in [0.25, 0.3) is 11.4 Å². The summed E-state index contributed by atoms with van der Waals surface area (Å²) in [6, 6.07) is 14.2. The third-order valence-electron chi connectivity index (χ3n) is 9.49. The molecule has 2 aromatic carbocycles. The molecule has 0 bridgehead atoms. The Morgan fingerprint density at radius 3 is 2.49 bits per heavy atom. The first-order chi connectivity index (χ1) is 23.4. The fraction of sp³-hybridized carbons (Fsp3) is 0.486. The van der Waals surface area contributed by atoms with Gasteiger partial charge in [-0.15, -0.1) is 5.10 Å². The van der Waals surface area contributed by atoms with Gasteiger partial charge in [0.15, 0.2) is 0 Å². The highest BCUT2D eigenvalue weighted by molar-refractivity contribution is 5.77. The van der Waals surface area contributed by atoms with Crippen LogP contribution in [0.2, 0.25) is 0 Å². The van der Waals surface area contributed by atoms with Crippen LogP contribution < -0.4 is 0 Å². The molecular formula is C37H46FN7O4. The van der Waals surface area contributed by atoms with Gasteiger partial charge in [-0.1, -0.05) is 35.5 Å². The van der Waals surface area contributed by atoms with Crippen LogP contribution in [0.4, 0.5) is 9.18 Å². The number of hydrogen-bond donors (Lipinski definition) is 0. The Kier molecular flexibility index (Phi) is 9.87. The summed E-state index contributed by atoms with van der Waals surface area (Å²) >= 11 is 0. The Bertz CT molecular complexity index is 1810. The molecule has 2 fully saturated rings.